The molecule has 0 saturated heterocycles. The second-order valence-corrected chi connectivity index (χ2v) is 7.67. The number of nitrogens with one attached hydrogen (secondary N) is 2. The number of ketones is 1. The zero-order chi connectivity index (χ0) is 20.8. The summed E-state index contributed by atoms with van der Waals surface area (Å²) in [7, 11) is 1.86. The third-order valence-corrected chi connectivity index (χ3v) is 5.38. The first-order chi connectivity index (χ1) is 13.9. The van der Waals surface area contributed by atoms with E-state index >= 15 is 0 Å². The minimum Gasteiger partial charge on any atom is -0.378 e. The Kier molecular flexibility index (Phi) is 6.90. The van der Waals surface area contributed by atoms with E-state index in [1.165, 1.54) is 18.7 Å². The lowest BCUT2D eigenvalue weighted by Crippen LogP contribution is -2.15. The highest BCUT2D eigenvalue weighted by Crippen LogP contribution is 2.18. The summed E-state index contributed by atoms with van der Waals surface area (Å²) in [6.45, 7) is 1.99. The van der Waals surface area contributed by atoms with Crippen LogP contribution in [0.5, 0.6) is 0 Å². The summed E-state index contributed by atoms with van der Waals surface area (Å²) in [5.74, 6) is 0.701. The van der Waals surface area contributed by atoms with Gasteiger partial charge < -0.3 is 15.2 Å². The van der Waals surface area contributed by atoms with E-state index in [1.807, 2.05) is 35.9 Å². The summed E-state index contributed by atoms with van der Waals surface area (Å²) in [4.78, 5) is 23.7. The van der Waals surface area contributed by atoms with E-state index in [1.54, 1.807) is 24.3 Å². The molecule has 3 rings (SSSR count). The standard InChI is InChI=1S/C20H20ClN5O2S/c1-13(27)14-4-3-5-17(10-14)23-19(28)12-29-20-25-24-18(26(20)2)11-22-16-8-6-15(21)7-9-16/h3-10,22H,11-12H2,1-2H3,(H,23,28). The van der Waals surface area contributed by atoms with E-state index in [0.717, 1.165) is 11.5 Å². The highest BCUT2D eigenvalue weighted by Gasteiger charge is 2.12. The van der Waals surface area contributed by atoms with Gasteiger partial charge in [-0.1, -0.05) is 35.5 Å². The molecule has 1 amide bonds. The molecule has 0 atom stereocenters. The van der Waals surface area contributed by atoms with Crippen LogP contribution in [-0.4, -0.2) is 32.2 Å². The fourth-order valence-corrected chi connectivity index (χ4v) is 3.37. The minimum atomic E-state index is -0.181. The number of halogens is 1. The number of benzene rings is 2. The minimum absolute atomic E-state index is 0.0469. The lowest BCUT2D eigenvalue weighted by molar-refractivity contribution is -0.113. The Hall–Kier alpha value is -2.84. The number of anilines is 2. The Balaban J connectivity index is 1.53. The summed E-state index contributed by atoms with van der Waals surface area (Å²) in [6, 6.07) is 14.3. The van der Waals surface area contributed by atoms with Gasteiger partial charge in [-0.2, -0.15) is 0 Å². The molecule has 2 N–H and O–H groups in total. The van der Waals surface area contributed by atoms with Crippen LogP contribution in [0.2, 0.25) is 5.02 Å². The third kappa shape index (κ3) is 5.82. The topological polar surface area (TPSA) is 88.9 Å². The van der Waals surface area contributed by atoms with Crippen molar-refractivity contribution in [3.05, 3.63) is 64.9 Å². The second kappa shape index (κ2) is 9.58. The Morgan fingerprint density at radius 2 is 1.86 bits per heavy atom. The lowest BCUT2D eigenvalue weighted by Gasteiger charge is -2.08. The fourth-order valence-electron chi connectivity index (χ4n) is 2.52. The van der Waals surface area contributed by atoms with Gasteiger partial charge in [0, 0.05) is 29.0 Å². The maximum Gasteiger partial charge on any atom is 0.234 e. The van der Waals surface area contributed by atoms with Crippen LogP contribution in [0, 0.1) is 0 Å². The van der Waals surface area contributed by atoms with Crippen molar-refractivity contribution in [2.45, 2.75) is 18.6 Å². The summed E-state index contributed by atoms with van der Waals surface area (Å²) in [6.07, 6.45) is 0. The molecule has 9 heteroatoms. The van der Waals surface area contributed by atoms with Crippen molar-refractivity contribution in [3.63, 3.8) is 0 Å². The van der Waals surface area contributed by atoms with E-state index < -0.39 is 0 Å². The van der Waals surface area contributed by atoms with Crippen LogP contribution >= 0.6 is 23.4 Å². The molecule has 1 aromatic heterocycles. The van der Waals surface area contributed by atoms with Crippen molar-refractivity contribution >= 4 is 46.4 Å². The van der Waals surface area contributed by atoms with Crippen LogP contribution in [0.3, 0.4) is 0 Å². The molecule has 0 fully saturated rings. The van der Waals surface area contributed by atoms with E-state index in [9.17, 15) is 9.59 Å². The van der Waals surface area contributed by atoms with Gasteiger partial charge >= 0.3 is 0 Å². The van der Waals surface area contributed by atoms with Gasteiger partial charge in [0.25, 0.3) is 0 Å². The fraction of sp³-hybridized carbons (Fsp3) is 0.200. The van der Waals surface area contributed by atoms with Crippen LogP contribution in [0.25, 0.3) is 0 Å². The molecular weight excluding hydrogens is 410 g/mol. The molecule has 150 valence electrons. The lowest BCUT2D eigenvalue weighted by atomic mass is 10.1. The highest BCUT2D eigenvalue weighted by atomic mass is 35.5. The summed E-state index contributed by atoms with van der Waals surface area (Å²) >= 11 is 7.18. The molecule has 0 unspecified atom stereocenters. The summed E-state index contributed by atoms with van der Waals surface area (Å²) < 4.78 is 1.84. The number of nitrogens with zero attached hydrogens (tertiary/aromatic N) is 3. The molecule has 0 bridgehead atoms. The number of rotatable bonds is 8. The second-order valence-electron chi connectivity index (χ2n) is 6.29. The van der Waals surface area contributed by atoms with Crippen LogP contribution in [-0.2, 0) is 18.4 Å². The average molecular weight is 430 g/mol. The predicted molar refractivity (Wildman–Crippen MR) is 116 cm³/mol. The molecule has 2 aromatic carbocycles. The number of carbonyl (C=O) groups is 2. The largest absolute Gasteiger partial charge is 0.378 e. The molecule has 7 nitrogen and oxygen atoms in total. The van der Waals surface area contributed by atoms with Gasteiger partial charge in [-0.3, -0.25) is 9.59 Å². The molecule has 0 saturated carbocycles. The highest BCUT2D eigenvalue weighted by molar-refractivity contribution is 7.99. The SMILES string of the molecule is CC(=O)c1cccc(NC(=O)CSc2nnc(CNc3ccc(Cl)cc3)n2C)c1. The monoisotopic (exact) mass is 429 g/mol. The van der Waals surface area contributed by atoms with Crippen molar-refractivity contribution in [1.82, 2.24) is 14.8 Å². The number of aromatic nitrogens is 3. The van der Waals surface area contributed by atoms with Crippen LogP contribution < -0.4 is 10.6 Å². The molecule has 29 heavy (non-hydrogen) atoms. The van der Waals surface area contributed by atoms with Gasteiger partial charge in [0.1, 0.15) is 0 Å². The molecule has 0 aliphatic carbocycles. The normalized spacial score (nSPS) is 10.6. The number of Topliss-reactive ketones (excluding diaryl/α,β-unsaturated/α-hetero) is 1. The number of hydrogen-bond acceptors (Lipinski definition) is 6. The van der Waals surface area contributed by atoms with Crippen molar-refractivity contribution in [2.75, 3.05) is 16.4 Å². The summed E-state index contributed by atoms with van der Waals surface area (Å²) in [5.41, 5.74) is 2.08. The first-order valence-electron chi connectivity index (χ1n) is 8.84. The van der Waals surface area contributed by atoms with Crippen LogP contribution in [0.15, 0.2) is 53.7 Å². The van der Waals surface area contributed by atoms with Crippen molar-refractivity contribution < 1.29 is 9.59 Å². The quantitative estimate of drug-likeness (QED) is 0.415. The molecular formula is C20H20ClN5O2S. The van der Waals surface area contributed by atoms with Crippen LogP contribution in [0.4, 0.5) is 11.4 Å². The molecule has 0 radical (unpaired) electrons. The van der Waals surface area contributed by atoms with Crippen molar-refractivity contribution in [2.24, 2.45) is 7.05 Å². The zero-order valence-corrected chi connectivity index (χ0v) is 17.5. The van der Waals surface area contributed by atoms with Gasteiger partial charge in [0.05, 0.1) is 12.3 Å². The van der Waals surface area contributed by atoms with E-state index in [-0.39, 0.29) is 17.4 Å². The first-order valence-corrected chi connectivity index (χ1v) is 10.2. The number of amides is 1. The Morgan fingerprint density at radius 3 is 2.59 bits per heavy atom. The number of thioether (sulfide) groups is 1. The van der Waals surface area contributed by atoms with Crippen LogP contribution in [0.1, 0.15) is 23.1 Å². The van der Waals surface area contributed by atoms with Gasteiger partial charge in [-0.05, 0) is 43.3 Å². The molecule has 0 aliphatic rings. The average Bonchev–Trinajstić information content (AvgIpc) is 3.06. The Labute approximate surface area is 177 Å². The van der Waals surface area contributed by atoms with Crippen molar-refractivity contribution in [3.8, 4) is 0 Å². The maximum atomic E-state index is 12.2. The van der Waals surface area contributed by atoms with Gasteiger partial charge in [0.2, 0.25) is 5.91 Å². The van der Waals surface area contributed by atoms with E-state index in [2.05, 4.69) is 20.8 Å². The zero-order valence-electron chi connectivity index (χ0n) is 16.0. The van der Waals surface area contributed by atoms with Gasteiger partial charge in [-0.25, -0.2) is 0 Å². The number of hydrogen-bond donors (Lipinski definition) is 2. The molecule has 1 heterocycles. The van der Waals surface area contributed by atoms with E-state index in [0.29, 0.717) is 28.0 Å². The molecule has 0 spiro atoms. The first kappa shape index (κ1) is 20.9. The maximum absolute atomic E-state index is 12.2. The third-order valence-electron chi connectivity index (χ3n) is 4.11. The molecule has 3 aromatic rings. The Bertz CT molecular complexity index is 1020. The van der Waals surface area contributed by atoms with Gasteiger partial charge in [-0.15, -0.1) is 10.2 Å². The summed E-state index contributed by atoms with van der Waals surface area (Å²) in [5, 5.41) is 15.7. The predicted octanol–water partition coefficient (Wildman–Crippen LogP) is 4.01. The van der Waals surface area contributed by atoms with Gasteiger partial charge in [0.15, 0.2) is 16.8 Å². The smallest absolute Gasteiger partial charge is 0.234 e. The Morgan fingerprint density at radius 1 is 1.10 bits per heavy atom. The van der Waals surface area contributed by atoms with E-state index in [4.69, 9.17) is 11.6 Å². The molecule has 0 aliphatic heterocycles. The number of carbonyl (C=O) groups excluding carboxylic acids is 2. The van der Waals surface area contributed by atoms with Crippen molar-refractivity contribution in [1.29, 1.82) is 0 Å².